The maximum atomic E-state index is 11.6. The lowest BCUT2D eigenvalue weighted by Gasteiger charge is -2.17. The molecule has 1 N–H and O–H groups in total. The van der Waals surface area contributed by atoms with E-state index in [0.29, 0.717) is 12.5 Å². The second-order valence-corrected chi connectivity index (χ2v) is 4.99. The molecule has 0 aliphatic carbocycles. The molecule has 1 rings (SSSR count). The molecule has 0 aliphatic heterocycles. The molecule has 3 heteroatoms. The van der Waals surface area contributed by atoms with Gasteiger partial charge < -0.3 is 10.2 Å². The van der Waals surface area contributed by atoms with Crippen LogP contribution in [0.5, 0.6) is 0 Å². The summed E-state index contributed by atoms with van der Waals surface area (Å²) in [6, 6.07) is 8.67. The number of benzene rings is 1. The number of carbonyl (C=O) groups excluding carboxylic acids is 1. The summed E-state index contributed by atoms with van der Waals surface area (Å²) < 4.78 is 0. The lowest BCUT2D eigenvalue weighted by Crippen LogP contribution is -2.35. The molecule has 0 spiro atoms. The van der Waals surface area contributed by atoms with Gasteiger partial charge >= 0.3 is 0 Å². The number of hydrogen-bond acceptors (Lipinski definition) is 2. The third-order valence-corrected chi connectivity index (χ3v) is 3.14. The number of rotatable bonds is 6. The van der Waals surface area contributed by atoms with Crippen LogP contribution in [0.15, 0.2) is 24.3 Å². The highest BCUT2D eigenvalue weighted by atomic mass is 16.2. The molecule has 0 atom stereocenters. The SMILES string of the molecule is CNCC(=O)N(C)CCc1ccc(C(C)C)cc1. The minimum atomic E-state index is 0.135. The van der Waals surface area contributed by atoms with Crippen molar-refractivity contribution in [3.05, 3.63) is 35.4 Å². The first-order valence-corrected chi connectivity index (χ1v) is 6.52. The maximum Gasteiger partial charge on any atom is 0.236 e. The summed E-state index contributed by atoms with van der Waals surface area (Å²) in [5.74, 6) is 0.704. The van der Waals surface area contributed by atoms with Crippen molar-refractivity contribution in [1.82, 2.24) is 10.2 Å². The number of carbonyl (C=O) groups is 1. The van der Waals surface area contributed by atoms with Crippen LogP contribution in [0.3, 0.4) is 0 Å². The van der Waals surface area contributed by atoms with E-state index in [1.807, 2.05) is 7.05 Å². The molecule has 0 bridgehead atoms. The third-order valence-electron chi connectivity index (χ3n) is 3.14. The van der Waals surface area contributed by atoms with Crippen molar-refractivity contribution >= 4 is 5.91 Å². The lowest BCUT2D eigenvalue weighted by molar-refractivity contribution is -0.128. The van der Waals surface area contributed by atoms with Gasteiger partial charge in [0.2, 0.25) is 5.91 Å². The Morgan fingerprint density at radius 2 is 1.89 bits per heavy atom. The first kappa shape index (κ1) is 14.7. The normalized spacial score (nSPS) is 10.7. The fourth-order valence-corrected chi connectivity index (χ4v) is 1.78. The van der Waals surface area contributed by atoms with Crippen LogP contribution in [0.25, 0.3) is 0 Å². The molecule has 0 saturated carbocycles. The fourth-order valence-electron chi connectivity index (χ4n) is 1.78. The van der Waals surface area contributed by atoms with Crippen LogP contribution in [0.4, 0.5) is 0 Å². The van der Waals surface area contributed by atoms with Gasteiger partial charge in [-0.15, -0.1) is 0 Å². The van der Waals surface area contributed by atoms with Gasteiger partial charge in [0.05, 0.1) is 6.54 Å². The van der Waals surface area contributed by atoms with Crippen LogP contribution in [0.1, 0.15) is 30.9 Å². The van der Waals surface area contributed by atoms with Crippen LogP contribution < -0.4 is 5.32 Å². The number of amides is 1. The second-order valence-electron chi connectivity index (χ2n) is 4.99. The van der Waals surface area contributed by atoms with E-state index in [9.17, 15) is 4.79 Å². The van der Waals surface area contributed by atoms with Gasteiger partial charge in [-0.05, 0) is 30.5 Å². The molecular weight excluding hydrogens is 224 g/mol. The van der Waals surface area contributed by atoms with E-state index in [1.165, 1.54) is 11.1 Å². The average Bonchev–Trinajstić information content (AvgIpc) is 2.36. The van der Waals surface area contributed by atoms with Gasteiger partial charge in [0, 0.05) is 13.6 Å². The summed E-state index contributed by atoms with van der Waals surface area (Å²) >= 11 is 0. The highest BCUT2D eigenvalue weighted by molar-refractivity contribution is 5.77. The zero-order valence-corrected chi connectivity index (χ0v) is 11.9. The molecule has 0 unspecified atom stereocenters. The van der Waals surface area contributed by atoms with Gasteiger partial charge in [-0.1, -0.05) is 38.1 Å². The Morgan fingerprint density at radius 1 is 1.28 bits per heavy atom. The second kappa shape index (κ2) is 7.17. The van der Waals surface area contributed by atoms with E-state index in [2.05, 4.69) is 43.4 Å². The van der Waals surface area contributed by atoms with Gasteiger partial charge in [0.1, 0.15) is 0 Å². The quantitative estimate of drug-likeness (QED) is 0.835. The summed E-state index contributed by atoms with van der Waals surface area (Å²) in [5.41, 5.74) is 2.64. The van der Waals surface area contributed by atoms with Crippen molar-refractivity contribution in [3.63, 3.8) is 0 Å². The van der Waals surface area contributed by atoms with Crippen molar-refractivity contribution < 1.29 is 4.79 Å². The molecule has 0 aromatic heterocycles. The van der Waals surface area contributed by atoms with Crippen molar-refractivity contribution in [2.75, 3.05) is 27.2 Å². The van der Waals surface area contributed by atoms with Crippen LogP contribution in [-0.2, 0) is 11.2 Å². The predicted octanol–water partition coefficient (Wildman–Crippen LogP) is 2.03. The highest BCUT2D eigenvalue weighted by Crippen LogP contribution is 2.14. The van der Waals surface area contributed by atoms with Crippen molar-refractivity contribution in [2.45, 2.75) is 26.2 Å². The Hall–Kier alpha value is -1.35. The smallest absolute Gasteiger partial charge is 0.236 e. The third kappa shape index (κ3) is 4.49. The number of nitrogens with one attached hydrogen (secondary N) is 1. The molecule has 0 saturated heterocycles. The lowest BCUT2D eigenvalue weighted by atomic mass is 10.0. The van der Waals surface area contributed by atoms with Gasteiger partial charge in [0.15, 0.2) is 0 Å². The monoisotopic (exact) mass is 248 g/mol. The summed E-state index contributed by atoms with van der Waals surface area (Å²) in [6.07, 6.45) is 0.907. The van der Waals surface area contributed by atoms with E-state index in [1.54, 1.807) is 11.9 Å². The Bertz CT molecular complexity index is 371. The van der Waals surface area contributed by atoms with Gasteiger partial charge in [0.25, 0.3) is 0 Å². The van der Waals surface area contributed by atoms with E-state index < -0.39 is 0 Å². The number of likely N-dealkylation sites (N-methyl/N-ethyl adjacent to an activating group) is 2. The molecule has 0 radical (unpaired) electrons. The van der Waals surface area contributed by atoms with Gasteiger partial charge in [-0.2, -0.15) is 0 Å². The van der Waals surface area contributed by atoms with Crippen LogP contribution in [0, 0.1) is 0 Å². The Kier molecular flexibility index (Phi) is 5.86. The van der Waals surface area contributed by atoms with Crippen LogP contribution >= 0.6 is 0 Å². The molecule has 0 heterocycles. The first-order valence-electron chi connectivity index (χ1n) is 6.52. The number of hydrogen-bond donors (Lipinski definition) is 1. The molecule has 100 valence electrons. The molecule has 3 nitrogen and oxygen atoms in total. The average molecular weight is 248 g/mol. The zero-order valence-electron chi connectivity index (χ0n) is 11.9. The highest BCUT2D eigenvalue weighted by Gasteiger charge is 2.07. The summed E-state index contributed by atoms with van der Waals surface area (Å²) in [4.78, 5) is 13.3. The summed E-state index contributed by atoms with van der Waals surface area (Å²) in [6.45, 7) is 5.56. The molecule has 0 fully saturated rings. The largest absolute Gasteiger partial charge is 0.344 e. The van der Waals surface area contributed by atoms with Crippen LogP contribution in [-0.4, -0.2) is 38.0 Å². The zero-order chi connectivity index (χ0) is 13.5. The Morgan fingerprint density at radius 3 is 2.39 bits per heavy atom. The van der Waals surface area contributed by atoms with Gasteiger partial charge in [-0.3, -0.25) is 4.79 Å². The van der Waals surface area contributed by atoms with E-state index in [4.69, 9.17) is 0 Å². The molecule has 1 aromatic carbocycles. The summed E-state index contributed by atoms with van der Waals surface area (Å²) in [7, 11) is 3.64. The van der Waals surface area contributed by atoms with E-state index >= 15 is 0 Å². The predicted molar refractivity (Wildman–Crippen MR) is 75.8 cm³/mol. The van der Waals surface area contributed by atoms with E-state index in [-0.39, 0.29) is 5.91 Å². The van der Waals surface area contributed by atoms with Crippen LogP contribution in [0.2, 0.25) is 0 Å². The van der Waals surface area contributed by atoms with Crippen molar-refractivity contribution in [2.24, 2.45) is 0 Å². The Balaban J connectivity index is 2.46. The fraction of sp³-hybridized carbons (Fsp3) is 0.533. The van der Waals surface area contributed by atoms with Gasteiger partial charge in [-0.25, -0.2) is 0 Å². The summed E-state index contributed by atoms with van der Waals surface area (Å²) in [5, 5.41) is 2.88. The Labute approximate surface area is 110 Å². The molecule has 1 amide bonds. The first-order chi connectivity index (χ1) is 8.54. The number of nitrogens with zero attached hydrogens (tertiary/aromatic N) is 1. The molecule has 18 heavy (non-hydrogen) atoms. The molecule has 1 aromatic rings. The van der Waals surface area contributed by atoms with Crippen molar-refractivity contribution in [1.29, 1.82) is 0 Å². The molecule has 0 aliphatic rings. The van der Waals surface area contributed by atoms with Crippen molar-refractivity contribution in [3.8, 4) is 0 Å². The minimum Gasteiger partial charge on any atom is -0.344 e. The minimum absolute atomic E-state index is 0.135. The molecular formula is C15H24N2O. The topological polar surface area (TPSA) is 32.3 Å². The maximum absolute atomic E-state index is 11.6. The van der Waals surface area contributed by atoms with E-state index in [0.717, 1.165) is 13.0 Å². The standard InChI is InChI=1S/C15H24N2O/c1-12(2)14-7-5-13(6-8-14)9-10-17(4)15(18)11-16-3/h5-8,12,16H,9-11H2,1-4H3.